The highest BCUT2D eigenvalue weighted by Crippen LogP contribution is 2.23. The summed E-state index contributed by atoms with van der Waals surface area (Å²) in [5.41, 5.74) is 5.65. The van der Waals surface area contributed by atoms with Gasteiger partial charge in [-0.15, -0.1) is 0 Å². The first-order chi connectivity index (χ1) is 9.22. The van der Waals surface area contributed by atoms with Gasteiger partial charge in [-0.1, -0.05) is 6.42 Å². The first-order valence-electron chi connectivity index (χ1n) is 7.49. The lowest BCUT2D eigenvalue weighted by Crippen LogP contribution is -2.59. The van der Waals surface area contributed by atoms with Gasteiger partial charge in [0.15, 0.2) is 0 Å². The lowest BCUT2D eigenvalue weighted by molar-refractivity contribution is 0.0134. The number of nitrogens with two attached hydrogens (primary N) is 1. The number of hydrogen-bond acceptors (Lipinski definition) is 4. The van der Waals surface area contributed by atoms with Gasteiger partial charge in [0.25, 0.3) is 0 Å². The number of hydrogen-bond donors (Lipinski definition) is 1. The molecule has 5 heteroatoms. The Bertz CT molecular complexity index is 416. The highest BCUT2D eigenvalue weighted by molar-refractivity contribution is 5.23. The molecule has 2 unspecified atom stereocenters. The summed E-state index contributed by atoms with van der Waals surface area (Å²) in [6, 6.07) is 3.30. The predicted molar refractivity (Wildman–Crippen MR) is 76.9 cm³/mol. The first kappa shape index (κ1) is 12.9. The molecule has 5 nitrogen and oxygen atoms in total. The highest BCUT2D eigenvalue weighted by Gasteiger charge is 2.32. The Morgan fingerprint density at radius 1 is 1.32 bits per heavy atom. The van der Waals surface area contributed by atoms with Crippen LogP contribution in [0.4, 0.5) is 5.82 Å². The fourth-order valence-corrected chi connectivity index (χ4v) is 3.46. The molecule has 1 aromatic rings. The van der Waals surface area contributed by atoms with Gasteiger partial charge in [0.1, 0.15) is 5.82 Å². The van der Waals surface area contributed by atoms with Crippen LogP contribution in [0, 0.1) is 0 Å². The number of aromatic nitrogens is 2. The van der Waals surface area contributed by atoms with Crippen LogP contribution in [0.25, 0.3) is 0 Å². The summed E-state index contributed by atoms with van der Waals surface area (Å²) in [6.45, 7) is 8.12. The van der Waals surface area contributed by atoms with Gasteiger partial charge in [-0.2, -0.15) is 5.10 Å². The summed E-state index contributed by atoms with van der Waals surface area (Å²) in [6.07, 6.45) is 6.13. The van der Waals surface area contributed by atoms with E-state index in [0.717, 1.165) is 19.1 Å². The van der Waals surface area contributed by atoms with E-state index in [0.29, 0.717) is 11.9 Å². The van der Waals surface area contributed by atoms with Crippen LogP contribution in [0.1, 0.15) is 26.2 Å². The molecule has 0 aromatic carbocycles. The Morgan fingerprint density at radius 3 is 3.00 bits per heavy atom. The molecule has 0 aliphatic carbocycles. The monoisotopic (exact) mass is 263 g/mol. The average molecular weight is 263 g/mol. The molecule has 2 fully saturated rings. The van der Waals surface area contributed by atoms with Crippen LogP contribution in [0.2, 0.25) is 0 Å². The molecule has 0 radical (unpaired) electrons. The van der Waals surface area contributed by atoms with Crippen LogP contribution in [-0.2, 0) is 6.54 Å². The molecule has 0 bridgehead atoms. The number of nitrogens with zero attached hydrogens (tertiary/aromatic N) is 4. The van der Waals surface area contributed by atoms with E-state index in [2.05, 4.69) is 21.8 Å². The van der Waals surface area contributed by atoms with Crippen LogP contribution in [0.3, 0.4) is 0 Å². The topological polar surface area (TPSA) is 50.3 Å². The van der Waals surface area contributed by atoms with Gasteiger partial charge in [-0.3, -0.25) is 14.5 Å². The second-order valence-corrected chi connectivity index (χ2v) is 5.99. The fourth-order valence-electron chi connectivity index (χ4n) is 3.46. The zero-order chi connectivity index (χ0) is 13.2. The number of nitrogen functional groups attached to an aromatic ring is 1. The van der Waals surface area contributed by atoms with E-state index in [4.69, 9.17) is 5.73 Å². The van der Waals surface area contributed by atoms with Crippen molar-refractivity contribution in [2.24, 2.45) is 0 Å². The number of anilines is 1. The number of rotatable bonds is 3. The number of piperazine rings is 1. The molecule has 2 saturated heterocycles. The standard InChI is InChI=1S/C14H25N5/c1-12-10-18-6-3-2-4-13(18)11-17(12)8-9-19-7-5-14(15)16-19/h5,7,12-13H,2-4,6,8-11H2,1H3,(H2,15,16). The van der Waals surface area contributed by atoms with Gasteiger partial charge in [0, 0.05) is 37.9 Å². The average Bonchev–Trinajstić information content (AvgIpc) is 2.82. The molecule has 2 atom stereocenters. The summed E-state index contributed by atoms with van der Waals surface area (Å²) in [5, 5.41) is 4.26. The van der Waals surface area contributed by atoms with Gasteiger partial charge in [-0.05, 0) is 32.4 Å². The lowest BCUT2D eigenvalue weighted by atomic mass is 9.97. The van der Waals surface area contributed by atoms with Gasteiger partial charge in [-0.25, -0.2) is 0 Å². The minimum absolute atomic E-state index is 0.616. The second kappa shape index (κ2) is 5.51. The summed E-state index contributed by atoms with van der Waals surface area (Å²) in [4.78, 5) is 5.31. The van der Waals surface area contributed by atoms with Crippen molar-refractivity contribution in [3.05, 3.63) is 12.3 Å². The summed E-state index contributed by atoms with van der Waals surface area (Å²) < 4.78 is 1.95. The van der Waals surface area contributed by atoms with E-state index in [-0.39, 0.29) is 0 Å². The van der Waals surface area contributed by atoms with E-state index < -0.39 is 0 Å². The van der Waals surface area contributed by atoms with E-state index in [1.807, 2.05) is 16.9 Å². The lowest BCUT2D eigenvalue weighted by Gasteiger charge is -2.47. The molecule has 106 valence electrons. The third-order valence-corrected chi connectivity index (χ3v) is 4.59. The van der Waals surface area contributed by atoms with Gasteiger partial charge >= 0.3 is 0 Å². The van der Waals surface area contributed by atoms with Gasteiger partial charge < -0.3 is 5.73 Å². The molecule has 0 spiro atoms. The molecule has 0 saturated carbocycles. The SMILES string of the molecule is CC1CN2CCCCC2CN1CCn1ccc(N)n1. The smallest absolute Gasteiger partial charge is 0.145 e. The summed E-state index contributed by atoms with van der Waals surface area (Å²) >= 11 is 0. The largest absolute Gasteiger partial charge is 0.382 e. The van der Waals surface area contributed by atoms with Crippen LogP contribution in [-0.4, -0.2) is 57.8 Å². The zero-order valence-corrected chi connectivity index (χ0v) is 11.8. The van der Waals surface area contributed by atoms with E-state index >= 15 is 0 Å². The predicted octanol–water partition coefficient (Wildman–Crippen LogP) is 1.02. The molecule has 19 heavy (non-hydrogen) atoms. The maximum atomic E-state index is 5.65. The Morgan fingerprint density at radius 2 is 2.21 bits per heavy atom. The van der Waals surface area contributed by atoms with E-state index in [1.165, 1.54) is 38.9 Å². The van der Waals surface area contributed by atoms with Crippen LogP contribution < -0.4 is 5.73 Å². The molecule has 3 heterocycles. The van der Waals surface area contributed by atoms with Crippen molar-refractivity contribution in [3.63, 3.8) is 0 Å². The fraction of sp³-hybridized carbons (Fsp3) is 0.786. The molecular weight excluding hydrogens is 238 g/mol. The molecule has 2 N–H and O–H groups in total. The van der Waals surface area contributed by atoms with Crippen LogP contribution in [0.15, 0.2) is 12.3 Å². The van der Waals surface area contributed by atoms with E-state index in [1.54, 1.807) is 0 Å². The Balaban J connectivity index is 1.55. The third kappa shape index (κ3) is 2.92. The highest BCUT2D eigenvalue weighted by atomic mass is 15.3. The van der Waals surface area contributed by atoms with Crippen LogP contribution >= 0.6 is 0 Å². The van der Waals surface area contributed by atoms with Gasteiger partial charge in [0.05, 0.1) is 6.54 Å². The Hall–Kier alpha value is -1.07. The first-order valence-corrected chi connectivity index (χ1v) is 7.49. The van der Waals surface area contributed by atoms with Crippen molar-refractivity contribution >= 4 is 5.82 Å². The molecule has 1 aromatic heterocycles. The minimum atomic E-state index is 0.616. The van der Waals surface area contributed by atoms with Crippen molar-refractivity contribution in [3.8, 4) is 0 Å². The van der Waals surface area contributed by atoms with Crippen molar-refractivity contribution in [2.45, 2.75) is 44.8 Å². The maximum Gasteiger partial charge on any atom is 0.145 e. The molecule has 2 aliphatic rings. The van der Waals surface area contributed by atoms with Crippen LogP contribution in [0.5, 0.6) is 0 Å². The molecule has 0 amide bonds. The number of piperidine rings is 1. The second-order valence-electron chi connectivity index (χ2n) is 5.99. The zero-order valence-electron chi connectivity index (χ0n) is 11.8. The minimum Gasteiger partial charge on any atom is -0.382 e. The molecule has 3 rings (SSSR count). The Kier molecular flexibility index (Phi) is 3.75. The quantitative estimate of drug-likeness (QED) is 0.885. The number of fused-ring (bicyclic) bond motifs is 1. The van der Waals surface area contributed by atoms with Crippen molar-refractivity contribution in [2.75, 3.05) is 31.9 Å². The van der Waals surface area contributed by atoms with Crippen molar-refractivity contribution in [1.82, 2.24) is 19.6 Å². The third-order valence-electron chi connectivity index (χ3n) is 4.59. The molecular formula is C14H25N5. The van der Waals surface area contributed by atoms with Crippen molar-refractivity contribution < 1.29 is 0 Å². The summed E-state index contributed by atoms with van der Waals surface area (Å²) in [7, 11) is 0. The normalized spacial score (nSPS) is 29.3. The van der Waals surface area contributed by atoms with Crippen molar-refractivity contribution in [1.29, 1.82) is 0 Å². The maximum absolute atomic E-state index is 5.65. The molecule has 2 aliphatic heterocycles. The Labute approximate surface area is 115 Å². The summed E-state index contributed by atoms with van der Waals surface area (Å²) in [5.74, 6) is 0.616. The van der Waals surface area contributed by atoms with E-state index in [9.17, 15) is 0 Å². The van der Waals surface area contributed by atoms with Gasteiger partial charge in [0.2, 0.25) is 0 Å².